The van der Waals surface area contributed by atoms with Crippen molar-refractivity contribution in [2.75, 3.05) is 0 Å². The van der Waals surface area contributed by atoms with Crippen LogP contribution in [0.2, 0.25) is 0 Å². The molecular formula is C3H2BrCl2N. The van der Waals surface area contributed by atoms with Crippen molar-refractivity contribution in [3.63, 3.8) is 0 Å². The Morgan fingerprint density at radius 3 is 2.00 bits per heavy atom. The molecule has 0 rings (SSSR count). The maximum atomic E-state index is 8.01. The second kappa shape index (κ2) is 3.54. The lowest BCUT2D eigenvalue weighted by atomic mass is 10.5. The molecule has 1 nitrogen and oxygen atoms in total. The topological polar surface area (TPSA) is 23.8 Å². The molecule has 0 aliphatic heterocycles. The number of nitrogens with zero attached hydrogens (tertiary/aromatic N) is 1. The molecule has 0 aromatic heterocycles. The summed E-state index contributed by atoms with van der Waals surface area (Å²) in [6.07, 6.45) is 0. The van der Waals surface area contributed by atoms with Crippen LogP contribution in [0.4, 0.5) is 0 Å². The summed E-state index contributed by atoms with van der Waals surface area (Å²) in [4.78, 5) is 0. The zero-order chi connectivity index (χ0) is 5.86. The fourth-order valence-electron chi connectivity index (χ4n) is 0.0563. The molecule has 0 aliphatic rings. The summed E-state index contributed by atoms with van der Waals surface area (Å²) in [7, 11) is 0. The fraction of sp³-hybridized carbons (Fsp3) is 0.667. The van der Waals surface area contributed by atoms with Crippen LogP contribution in [-0.2, 0) is 0 Å². The molecule has 0 fully saturated rings. The Morgan fingerprint density at radius 2 is 2.00 bits per heavy atom. The van der Waals surface area contributed by atoms with Crippen LogP contribution in [0.25, 0.3) is 0 Å². The molecule has 0 heterocycles. The van der Waals surface area contributed by atoms with Gasteiger partial charge in [0.1, 0.15) is 9.66 Å². The van der Waals surface area contributed by atoms with Gasteiger partial charge in [-0.05, 0) is 0 Å². The molecule has 0 saturated carbocycles. The van der Waals surface area contributed by atoms with Crippen molar-refractivity contribution in [3.8, 4) is 6.07 Å². The van der Waals surface area contributed by atoms with Crippen molar-refractivity contribution in [2.24, 2.45) is 0 Å². The Labute approximate surface area is 60.3 Å². The lowest BCUT2D eigenvalue weighted by Crippen LogP contribution is -2.02. The van der Waals surface area contributed by atoms with E-state index in [9.17, 15) is 0 Å². The van der Waals surface area contributed by atoms with E-state index in [2.05, 4.69) is 15.9 Å². The molecular weight excluding hydrogens is 201 g/mol. The highest BCUT2D eigenvalue weighted by atomic mass is 79.9. The van der Waals surface area contributed by atoms with E-state index in [1.807, 2.05) is 0 Å². The molecule has 4 heteroatoms. The predicted octanol–water partition coefficient (Wildman–Crippen LogP) is 2.08. The lowest BCUT2D eigenvalue weighted by Gasteiger charge is -1.95. The van der Waals surface area contributed by atoms with Crippen LogP contribution < -0.4 is 0 Å². The van der Waals surface area contributed by atoms with Gasteiger partial charge in [-0.2, -0.15) is 5.26 Å². The van der Waals surface area contributed by atoms with Gasteiger partial charge in [0.15, 0.2) is 0 Å². The molecule has 0 bridgehead atoms. The standard InChI is InChI=1S/C3H2BrCl2N/c4-3(6)2(5)1-7/h2-3H. The van der Waals surface area contributed by atoms with E-state index in [0.29, 0.717) is 0 Å². The van der Waals surface area contributed by atoms with Crippen LogP contribution in [0.15, 0.2) is 0 Å². The second-order valence-corrected chi connectivity index (χ2v) is 3.32. The lowest BCUT2D eigenvalue weighted by molar-refractivity contribution is 1.19. The highest BCUT2D eigenvalue weighted by Gasteiger charge is 2.09. The molecule has 0 saturated heterocycles. The molecule has 0 aromatic carbocycles. The van der Waals surface area contributed by atoms with Gasteiger partial charge in [-0.1, -0.05) is 15.9 Å². The Morgan fingerprint density at radius 1 is 1.57 bits per heavy atom. The van der Waals surface area contributed by atoms with Crippen molar-refractivity contribution in [3.05, 3.63) is 0 Å². The minimum absolute atomic E-state index is 0.445. The summed E-state index contributed by atoms with van der Waals surface area (Å²) >= 11 is 13.5. The van der Waals surface area contributed by atoms with E-state index < -0.39 is 9.66 Å². The summed E-state index contributed by atoms with van der Waals surface area (Å²) in [5.74, 6) is 0. The average Bonchev–Trinajstić information content (AvgIpc) is 1.65. The van der Waals surface area contributed by atoms with Crippen LogP contribution >= 0.6 is 39.1 Å². The number of nitriles is 1. The molecule has 2 atom stereocenters. The molecule has 2 unspecified atom stereocenters. The summed E-state index contributed by atoms with van der Waals surface area (Å²) in [6, 6.07) is 1.75. The van der Waals surface area contributed by atoms with Crippen molar-refractivity contribution < 1.29 is 0 Å². The zero-order valence-electron chi connectivity index (χ0n) is 3.24. The minimum Gasteiger partial charge on any atom is -0.197 e. The third-order valence-electron chi connectivity index (χ3n) is 0.345. The van der Waals surface area contributed by atoms with Gasteiger partial charge in [-0.15, -0.1) is 23.2 Å². The fourth-order valence-corrected chi connectivity index (χ4v) is 0.231. The van der Waals surface area contributed by atoms with E-state index in [1.165, 1.54) is 0 Å². The third kappa shape index (κ3) is 3.16. The summed E-state index contributed by atoms with van der Waals surface area (Å²) < 4.78 is -0.445. The van der Waals surface area contributed by atoms with Gasteiger partial charge < -0.3 is 0 Å². The first-order chi connectivity index (χ1) is 3.18. The van der Waals surface area contributed by atoms with E-state index in [0.717, 1.165) is 0 Å². The van der Waals surface area contributed by atoms with E-state index >= 15 is 0 Å². The smallest absolute Gasteiger partial charge is 0.146 e. The molecule has 0 N–H and O–H groups in total. The average molecular weight is 203 g/mol. The molecule has 0 spiro atoms. The monoisotopic (exact) mass is 201 g/mol. The van der Waals surface area contributed by atoms with Gasteiger partial charge in [0.05, 0.1) is 6.07 Å². The molecule has 7 heavy (non-hydrogen) atoms. The maximum absolute atomic E-state index is 8.01. The highest BCUT2D eigenvalue weighted by Crippen LogP contribution is 2.14. The predicted molar refractivity (Wildman–Crippen MR) is 33.8 cm³/mol. The Hall–Kier alpha value is 0.550. The van der Waals surface area contributed by atoms with E-state index in [-0.39, 0.29) is 0 Å². The normalized spacial score (nSPS) is 17.4. The minimum atomic E-state index is -0.637. The largest absolute Gasteiger partial charge is 0.197 e. The van der Waals surface area contributed by atoms with Gasteiger partial charge in [-0.25, -0.2) is 0 Å². The Bertz CT molecular complexity index is 87.4. The number of rotatable bonds is 1. The zero-order valence-corrected chi connectivity index (χ0v) is 6.33. The Balaban J connectivity index is 3.40. The first-order valence-electron chi connectivity index (χ1n) is 1.50. The second-order valence-electron chi connectivity index (χ2n) is 0.865. The number of hydrogen-bond donors (Lipinski definition) is 0. The maximum Gasteiger partial charge on any atom is 0.146 e. The van der Waals surface area contributed by atoms with Crippen LogP contribution in [-0.4, -0.2) is 9.66 Å². The first kappa shape index (κ1) is 7.55. The van der Waals surface area contributed by atoms with E-state index in [4.69, 9.17) is 28.5 Å². The van der Waals surface area contributed by atoms with E-state index in [1.54, 1.807) is 6.07 Å². The number of hydrogen-bond acceptors (Lipinski definition) is 1. The first-order valence-corrected chi connectivity index (χ1v) is 3.29. The van der Waals surface area contributed by atoms with Gasteiger partial charge in [-0.3, -0.25) is 0 Å². The summed E-state index contributed by atoms with van der Waals surface area (Å²) in [5.41, 5.74) is 0. The van der Waals surface area contributed by atoms with Crippen LogP contribution in [0.3, 0.4) is 0 Å². The van der Waals surface area contributed by atoms with Crippen LogP contribution in [0, 0.1) is 11.3 Å². The quantitative estimate of drug-likeness (QED) is 0.598. The highest BCUT2D eigenvalue weighted by molar-refractivity contribution is 9.10. The summed E-state index contributed by atoms with van der Waals surface area (Å²) in [6.45, 7) is 0. The van der Waals surface area contributed by atoms with Crippen molar-refractivity contribution >= 4 is 39.1 Å². The summed E-state index contributed by atoms with van der Waals surface area (Å²) in [5, 5.41) is 7.37. The van der Waals surface area contributed by atoms with Gasteiger partial charge in [0, 0.05) is 0 Å². The van der Waals surface area contributed by atoms with Crippen molar-refractivity contribution in [2.45, 2.75) is 9.66 Å². The number of alkyl halides is 3. The molecule has 0 aliphatic carbocycles. The SMILES string of the molecule is N#CC(Cl)C(Cl)Br. The van der Waals surface area contributed by atoms with Crippen LogP contribution in [0.5, 0.6) is 0 Å². The van der Waals surface area contributed by atoms with Crippen LogP contribution in [0.1, 0.15) is 0 Å². The Kier molecular flexibility index (Phi) is 3.82. The van der Waals surface area contributed by atoms with Crippen molar-refractivity contribution in [1.82, 2.24) is 0 Å². The van der Waals surface area contributed by atoms with Crippen molar-refractivity contribution in [1.29, 1.82) is 5.26 Å². The third-order valence-corrected chi connectivity index (χ3v) is 1.91. The van der Waals surface area contributed by atoms with Gasteiger partial charge in [0.2, 0.25) is 0 Å². The molecule has 0 aromatic rings. The van der Waals surface area contributed by atoms with Gasteiger partial charge in [0.25, 0.3) is 0 Å². The van der Waals surface area contributed by atoms with Gasteiger partial charge >= 0.3 is 0 Å². The molecule has 40 valence electrons. The molecule has 0 amide bonds. The molecule has 0 radical (unpaired) electrons. The number of halogens is 3.